The lowest BCUT2D eigenvalue weighted by Crippen LogP contribution is -2.54. The summed E-state index contributed by atoms with van der Waals surface area (Å²) >= 11 is 0. The average molecular weight is 803 g/mol. The third kappa shape index (κ3) is 10.3. The first-order valence-electron chi connectivity index (χ1n) is 21.8. The van der Waals surface area contributed by atoms with E-state index >= 15 is 0 Å². The number of hydrogen-bond donors (Lipinski definition) is 1. The van der Waals surface area contributed by atoms with Gasteiger partial charge in [-0.05, 0) is 123 Å². The number of methoxy groups -OCH3 is 1. The molecule has 0 radical (unpaired) electrons. The fourth-order valence-electron chi connectivity index (χ4n) is 11.2. The summed E-state index contributed by atoms with van der Waals surface area (Å²) in [5.74, 6) is 1.43. The normalized spacial score (nSPS) is 31.2. The van der Waals surface area contributed by atoms with Gasteiger partial charge in [0.15, 0.2) is 6.29 Å². The van der Waals surface area contributed by atoms with Crippen LogP contribution in [0.4, 0.5) is 0 Å². The number of aliphatic hydroxyl groups excluding tert-OH is 1. The lowest BCUT2D eigenvalue weighted by molar-refractivity contribution is -0.175. The maximum atomic E-state index is 13.7. The zero-order valence-electron chi connectivity index (χ0n) is 35.3. The number of carbonyl (C=O) groups excluding carboxylic acids is 4. The summed E-state index contributed by atoms with van der Waals surface area (Å²) in [4.78, 5) is 52.4. The fraction of sp³-hybridized carbons (Fsp3) is 0.667. The molecule has 4 aliphatic rings. The number of ether oxygens (including phenoxy) is 5. The van der Waals surface area contributed by atoms with Gasteiger partial charge >= 0.3 is 11.9 Å². The lowest BCUT2D eigenvalue weighted by atomic mass is 9.44. The Hall–Kier alpha value is -3.44. The van der Waals surface area contributed by atoms with E-state index in [-0.39, 0.29) is 55.1 Å². The Morgan fingerprint density at radius 1 is 0.828 bits per heavy atom. The molecule has 0 heterocycles. The van der Waals surface area contributed by atoms with Crippen LogP contribution in [0.15, 0.2) is 60.7 Å². The van der Waals surface area contributed by atoms with Crippen LogP contribution in [0.3, 0.4) is 0 Å². The summed E-state index contributed by atoms with van der Waals surface area (Å²) in [7, 11) is 1.85. The zero-order chi connectivity index (χ0) is 41.5. The van der Waals surface area contributed by atoms with Gasteiger partial charge in [0, 0.05) is 38.7 Å². The molecule has 318 valence electrons. The Labute approximate surface area is 345 Å². The SMILES string of the molecule is COC1CCC2(C)C(CCC3C2CCC2(C)C(CC(=O)CC[C@H](C)CO[C@@H](CC(O)[C@@H](C)OC(=O)c4ccccc4)OCCOC(=O)c4ccccc4)C(=O)CC32)C1. The molecule has 0 saturated heterocycles. The van der Waals surface area contributed by atoms with E-state index in [0.29, 0.717) is 72.0 Å². The minimum Gasteiger partial charge on any atom is -0.460 e. The number of aliphatic hydroxyl groups is 1. The van der Waals surface area contributed by atoms with E-state index in [9.17, 15) is 24.3 Å². The topological polar surface area (TPSA) is 135 Å². The summed E-state index contributed by atoms with van der Waals surface area (Å²) in [5.41, 5.74) is 1.01. The average Bonchev–Trinajstić information content (AvgIpc) is 3.48. The Kier molecular flexibility index (Phi) is 15.0. The minimum absolute atomic E-state index is 0.000389. The molecule has 4 saturated carbocycles. The van der Waals surface area contributed by atoms with Gasteiger partial charge in [-0.1, -0.05) is 57.2 Å². The molecule has 10 nitrogen and oxygen atoms in total. The number of ketones is 2. The molecule has 2 aromatic carbocycles. The molecule has 2 aromatic rings. The number of fused-ring (bicyclic) bond motifs is 5. The van der Waals surface area contributed by atoms with Crippen molar-refractivity contribution >= 4 is 23.5 Å². The third-order valence-corrected chi connectivity index (χ3v) is 14.8. The van der Waals surface area contributed by atoms with Crippen molar-refractivity contribution in [2.24, 2.45) is 46.3 Å². The van der Waals surface area contributed by atoms with Crippen LogP contribution >= 0.6 is 0 Å². The highest BCUT2D eigenvalue weighted by atomic mass is 16.7. The van der Waals surface area contributed by atoms with E-state index in [4.69, 9.17) is 23.7 Å². The molecule has 0 amide bonds. The molecule has 1 N–H and O–H groups in total. The van der Waals surface area contributed by atoms with E-state index in [1.165, 1.54) is 19.3 Å². The van der Waals surface area contributed by atoms with Crippen molar-refractivity contribution < 1.29 is 48.0 Å². The van der Waals surface area contributed by atoms with E-state index in [1.54, 1.807) is 61.5 Å². The van der Waals surface area contributed by atoms with Crippen LogP contribution in [0.5, 0.6) is 0 Å². The molecule has 58 heavy (non-hydrogen) atoms. The largest absolute Gasteiger partial charge is 0.460 e. The van der Waals surface area contributed by atoms with Crippen molar-refractivity contribution in [1.82, 2.24) is 0 Å². The van der Waals surface area contributed by atoms with Crippen molar-refractivity contribution in [3.05, 3.63) is 71.8 Å². The van der Waals surface area contributed by atoms with Gasteiger partial charge in [-0.25, -0.2) is 9.59 Å². The lowest BCUT2D eigenvalue weighted by Gasteiger charge is -2.60. The Morgan fingerprint density at radius 2 is 1.50 bits per heavy atom. The van der Waals surface area contributed by atoms with Crippen molar-refractivity contribution in [3.8, 4) is 0 Å². The zero-order valence-corrected chi connectivity index (χ0v) is 35.3. The van der Waals surface area contributed by atoms with Crippen LogP contribution < -0.4 is 0 Å². The number of esters is 2. The van der Waals surface area contributed by atoms with Gasteiger partial charge in [0.05, 0.1) is 36.5 Å². The second-order valence-corrected chi connectivity index (χ2v) is 18.4. The second kappa shape index (κ2) is 19.7. The second-order valence-electron chi connectivity index (χ2n) is 18.4. The first-order valence-corrected chi connectivity index (χ1v) is 21.8. The van der Waals surface area contributed by atoms with Crippen molar-refractivity contribution in [1.29, 1.82) is 0 Å². The Morgan fingerprint density at radius 3 is 2.19 bits per heavy atom. The molecule has 10 heteroatoms. The molecular formula is C48H66O10. The van der Waals surface area contributed by atoms with E-state index < -0.39 is 30.4 Å². The predicted molar refractivity (Wildman–Crippen MR) is 219 cm³/mol. The van der Waals surface area contributed by atoms with E-state index in [2.05, 4.69) is 13.8 Å². The van der Waals surface area contributed by atoms with Gasteiger partial charge in [0.1, 0.15) is 24.3 Å². The van der Waals surface area contributed by atoms with E-state index in [0.717, 1.165) is 25.7 Å². The summed E-state index contributed by atoms with van der Waals surface area (Å²) in [6, 6.07) is 17.2. The maximum absolute atomic E-state index is 13.7. The molecule has 9 unspecified atom stereocenters. The first kappa shape index (κ1) is 44.1. The fourth-order valence-corrected chi connectivity index (χ4v) is 11.2. The molecule has 0 spiro atoms. The van der Waals surface area contributed by atoms with Crippen LogP contribution in [0.2, 0.25) is 0 Å². The first-order chi connectivity index (χ1) is 27.8. The monoisotopic (exact) mass is 802 g/mol. The van der Waals surface area contributed by atoms with Gasteiger partial charge < -0.3 is 28.8 Å². The Bertz CT molecular complexity index is 1680. The molecule has 0 aromatic heterocycles. The summed E-state index contributed by atoms with van der Waals surface area (Å²) < 4.78 is 28.8. The van der Waals surface area contributed by atoms with Crippen LogP contribution in [-0.2, 0) is 33.3 Å². The van der Waals surface area contributed by atoms with Crippen LogP contribution in [0.1, 0.15) is 125 Å². The number of hydrogen-bond acceptors (Lipinski definition) is 10. The highest BCUT2D eigenvalue weighted by molar-refractivity contribution is 5.91. The minimum atomic E-state index is -1.10. The van der Waals surface area contributed by atoms with Crippen molar-refractivity contribution in [2.45, 2.75) is 129 Å². The van der Waals surface area contributed by atoms with Gasteiger partial charge in [0.25, 0.3) is 0 Å². The standard InChI is InChI=1S/C48H66O10/c1-31(16-18-36(49)27-41-43(51)28-40-38-19-17-35-26-37(54-5)20-22-47(35,3)39(38)21-23-48(40,41)4)30-57-44(55-24-25-56-45(52)33-12-8-6-9-13-33)29-42(50)32(2)58-46(53)34-14-10-7-11-15-34/h6-15,31-32,35,37-42,44,50H,16-30H2,1-5H3/t31-,32+,35?,37?,38?,39?,40?,41?,42?,44-,47?,48?/m0/s1. The summed E-state index contributed by atoms with van der Waals surface area (Å²) in [5, 5.41) is 11.0. The molecule has 4 fully saturated rings. The smallest absolute Gasteiger partial charge is 0.338 e. The van der Waals surface area contributed by atoms with Crippen LogP contribution in [0, 0.1) is 46.3 Å². The highest BCUT2D eigenvalue weighted by Crippen LogP contribution is 2.67. The maximum Gasteiger partial charge on any atom is 0.338 e. The summed E-state index contributed by atoms with van der Waals surface area (Å²) in [6.07, 6.45) is 7.47. The number of benzene rings is 2. The van der Waals surface area contributed by atoms with Gasteiger partial charge in [-0.3, -0.25) is 9.59 Å². The van der Waals surface area contributed by atoms with Gasteiger partial charge in [0.2, 0.25) is 0 Å². The Balaban J connectivity index is 0.986. The molecule has 0 bridgehead atoms. The quantitative estimate of drug-likeness (QED) is 0.0838. The van der Waals surface area contributed by atoms with Crippen LogP contribution in [-0.4, -0.2) is 80.1 Å². The molecule has 6 rings (SSSR count). The molecule has 4 aliphatic carbocycles. The molecule has 12 atom stereocenters. The van der Waals surface area contributed by atoms with Gasteiger partial charge in [-0.15, -0.1) is 0 Å². The number of Topliss-reactive ketones (excluding diaryl/α,β-unsaturated/α-hetero) is 2. The van der Waals surface area contributed by atoms with Gasteiger partial charge in [-0.2, -0.15) is 0 Å². The summed E-state index contributed by atoms with van der Waals surface area (Å²) in [6.45, 7) is 8.70. The molecular weight excluding hydrogens is 737 g/mol. The number of carbonyl (C=O) groups is 4. The molecule has 0 aliphatic heterocycles. The predicted octanol–water partition coefficient (Wildman–Crippen LogP) is 8.43. The third-order valence-electron chi connectivity index (χ3n) is 14.8. The van der Waals surface area contributed by atoms with E-state index in [1.807, 2.05) is 20.1 Å². The van der Waals surface area contributed by atoms with Crippen molar-refractivity contribution in [2.75, 3.05) is 26.9 Å². The highest BCUT2D eigenvalue weighted by Gasteiger charge is 2.62. The van der Waals surface area contributed by atoms with Crippen LogP contribution in [0.25, 0.3) is 0 Å². The number of rotatable bonds is 19. The van der Waals surface area contributed by atoms with Crippen molar-refractivity contribution in [3.63, 3.8) is 0 Å².